The number of carbonyl (C=O) groups excluding carboxylic acids is 2. The summed E-state index contributed by atoms with van der Waals surface area (Å²) in [6.45, 7) is 1.62. The molecule has 0 saturated carbocycles. The molecule has 1 saturated heterocycles. The van der Waals surface area contributed by atoms with Gasteiger partial charge < -0.3 is 29.2 Å². The van der Waals surface area contributed by atoms with Crippen LogP contribution in [0.2, 0.25) is 0 Å². The number of nitrogens with one attached hydrogen (secondary N) is 1. The average Bonchev–Trinajstić information content (AvgIpc) is 3.18. The van der Waals surface area contributed by atoms with E-state index in [0.717, 1.165) is 5.56 Å². The predicted octanol–water partition coefficient (Wildman–Crippen LogP) is 2.14. The maximum absolute atomic E-state index is 12.7. The number of anilines is 1. The van der Waals surface area contributed by atoms with Gasteiger partial charge >= 0.3 is 0 Å². The first-order valence-corrected chi connectivity index (χ1v) is 9.77. The van der Waals surface area contributed by atoms with E-state index in [4.69, 9.17) is 18.9 Å². The molecule has 0 aromatic heterocycles. The molecule has 8 heteroatoms. The summed E-state index contributed by atoms with van der Waals surface area (Å²) in [4.78, 5) is 26.9. The maximum atomic E-state index is 12.7. The van der Waals surface area contributed by atoms with Crippen LogP contribution in [0.15, 0.2) is 36.4 Å². The molecular weight excluding hydrogens is 388 g/mol. The van der Waals surface area contributed by atoms with Crippen molar-refractivity contribution in [3.63, 3.8) is 0 Å². The molecule has 8 nitrogen and oxygen atoms in total. The SMILES string of the molecule is COc1ccc(CNC(=O)C2CC(=O)N(c3ccc4c(c3)OCCO4)C2)c(OC)c1. The lowest BCUT2D eigenvalue weighted by Crippen LogP contribution is -2.32. The van der Waals surface area contributed by atoms with Gasteiger partial charge in [0.05, 0.1) is 20.1 Å². The van der Waals surface area contributed by atoms with E-state index in [9.17, 15) is 9.59 Å². The topological polar surface area (TPSA) is 86.3 Å². The molecule has 158 valence electrons. The lowest BCUT2D eigenvalue weighted by molar-refractivity contribution is -0.126. The summed E-state index contributed by atoms with van der Waals surface area (Å²) in [6, 6.07) is 10.8. The van der Waals surface area contributed by atoms with E-state index in [-0.39, 0.29) is 18.2 Å². The third-order valence-corrected chi connectivity index (χ3v) is 5.28. The van der Waals surface area contributed by atoms with Crippen LogP contribution in [0.25, 0.3) is 0 Å². The minimum Gasteiger partial charge on any atom is -0.497 e. The van der Waals surface area contributed by atoms with Crippen molar-refractivity contribution in [3.05, 3.63) is 42.0 Å². The summed E-state index contributed by atoms with van der Waals surface area (Å²) >= 11 is 0. The van der Waals surface area contributed by atoms with Gasteiger partial charge in [0, 0.05) is 42.9 Å². The smallest absolute Gasteiger partial charge is 0.227 e. The Bertz CT molecular complexity index is 961. The standard InChI is InChI=1S/C22H24N2O6/c1-27-17-5-3-14(19(11-17)28-2)12-23-22(26)15-9-21(25)24(13-15)16-4-6-18-20(10-16)30-8-7-29-18/h3-6,10-11,15H,7-9,12-13H2,1-2H3,(H,23,26). The Balaban J connectivity index is 1.40. The van der Waals surface area contributed by atoms with Gasteiger partial charge in [0.25, 0.3) is 0 Å². The van der Waals surface area contributed by atoms with Crippen molar-refractivity contribution in [1.82, 2.24) is 5.32 Å². The fourth-order valence-corrected chi connectivity index (χ4v) is 3.66. The molecule has 0 spiro atoms. The lowest BCUT2D eigenvalue weighted by atomic mass is 10.1. The first kappa shape index (κ1) is 19.9. The van der Waals surface area contributed by atoms with Gasteiger partial charge in [0.15, 0.2) is 11.5 Å². The summed E-state index contributed by atoms with van der Waals surface area (Å²) in [7, 11) is 3.15. The number of nitrogens with zero attached hydrogens (tertiary/aromatic N) is 1. The number of fused-ring (bicyclic) bond motifs is 1. The molecule has 1 atom stereocenters. The van der Waals surface area contributed by atoms with Gasteiger partial charge in [-0.05, 0) is 24.3 Å². The molecule has 2 heterocycles. The molecule has 1 unspecified atom stereocenters. The maximum Gasteiger partial charge on any atom is 0.227 e. The van der Waals surface area contributed by atoms with Crippen molar-refractivity contribution in [2.24, 2.45) is 5.92 Å². The Kier molecular flexibility index (Phi) is 5.65. The number of hydrogen-bond acceptors (Lipinski definition) is 6. The average molecular weight is 412 g/mol. The molecule has 1 N–H and O–H groups in total. The Morgan fingerprint density at radius 3 is 2.67 bits per heavy atom. The van der Waals surface area contributed by atoms with Crippen molar-refractivity contribution in [2.45, 2.75) is 13.0 Å². The second-order valence-electron chi connectivity index (χ2n) is 7.13. The van der Waals surface area contributed by atoms with Crippen molar-refractivity contribution in [1.29, 1.82) is 0 Å². The third kappa shape index (κ3) is 3.98. The van der Waals surface area contributed by atoms with Crippen molar-refractivity contribution in [3.8, 4) is 23.0 Å². The molecule has 0 bridgehead atoms. The van der Waals surface area contributed by atoms with Crippen LogP contribution in [0.1, 0.15) is 12.0 Å². The van der Waals surface area contributed by atoms with E-state index in [2.05, 4.69) is 5.32 Å². The monoisotopic (exact) mass is 412 g/mol. The normalized spacial score (nSPS) is 17.6. The summed E-state index contributed by atoms with van der Waals surface area (Å²) in [6.07, 6.45) is 0.167. The van der Waals surface area contributed by atoms with Crippen LogP contribution in [0.5, 0.6) is 23.0 Å². The van der Waals surface area contributed by atoms with Gasteiger partial charge in [-0.1, -0.05) is 0 Å². The fraction of sp³-hybridized carbons (Fsp3) is 0.364. The Morgan fingerprint density at radius 2 is 1.90 bits per heavy atom. The first-order valence-electron chi connectivity index (χ1n) is 9.77. The van der Waals surface area contributed by atoms with Gasteiger partial charge in [0.1, 0.15) is 24.7 Å². The summed E-state index contributed by atoms with van der Waals surface area (Å²) in [5.41, 5.74) is 1.54. The van der Waals surface area contributed by atoms with Crippen molar-refractivity contribution < 1.29 is 28.5 Å². The summed E-state index contributed by atoms with van der Waals surface area (Å²) < 4.78 is 21.7. The van der Waals surface area contributed by atoms with Gasteiger partial charge in [0.2, 0.25) is 11.8 Å². The van der Waals surface area contributed by atoms with Crippen molar-refractivity contribution in [2.75, 3.05) is 38.9 Å². The zero-order valence-corrected chi connectivity index (χ0v) is 17.0. The zero-order valence-electron chi connectivity index (χ0n) is 17.0. The molecule has 2 aliphatic rings. The number of methoxy groups -OCH3 is 2. The van der Waals surface area contributed by atoms with Gasteiger partial charge in [-0.15, -0.1) is 0 Å². The molecular formula is C22H24N2O6. The van der Waals surface area contributed by atoms with Crippen LogP contribution >= 0.6 is 0 Å². The van der Waals surface area contributed by atoms with E-state index in [1.165, 1.54) is 0 Å². The van der Waals surface area contributed by atoms with Crippen LogP contribution in [0, 0.1) is 5.92 Å². The highest BCUT2D eigenvalue weighted by Crippen LogP contribution is 2.36. The number of benzene rings is 2. The highest BCUT2D eigenvalue weighted by Gasteiger charge is 2.35. The Morgan fingerprint density at radius 1 is 1.10 bits per heavy atom. The van der Waals surface area contributed by atoms with E-state index < -0.39 is 5.92 Å². The molecule has 30 heavy (non-hydrogen) atoms. The number of hydrogen-bond donors (Lipinski definition) is 1. The first-order chi connectivity index (χ1) is 14.6. The van der Waals surface area contributed by atoms with Crippen LogP contribution < -0.4 is 29.2 Å². The summed E-state index contributed by atoms with van der Waals surface area (Å²) in [5, 5.41) is 2.91. The van der Waals surface area contributed by atoms with Crippen LogP contribution in [-0.4, -0.2) is 45.8 Å². The zero-order chi connectivity index (χ0) is 21.1. The number of rotatable bonds is 6. The Labute approximate surface area is 174 Å². The molecule has 4 rings (SSSR count). The number of amides is 2. The van der Waals surface area contributed by atoms with E-state index in [1.807, 2.05) is 18.2 Å². The third-order valence-electron chi connectivity index (χ3n) is 5.28. The van der Waals surface area contributed by atoms with Crippen LogP contribution in [0.4, 0.5) is 5.69 Å². The molecule has 0 aliphatic carbocycles. The highest BCUT2D eigenvalue weighted by molar-refractivity contribution is 6.00. The predicted molar refractivity (Wildman–Crippen MR) is 109 cm³/mol. The number of ether oxygens (including phenoxy) is 4. The molecule has 2 aromatic carbocycles. The molecule has 1 fully saturated rings. The Hall–Kier alpha value is -3.42. The van der Waals surface area contributed by atoms with Gasteiger partial charge in [-0.3, -0.25) is 9.59 Å². The van der Waals surface area contributed by atoms with E-state index in [0.29, 0.717) is 55.0 Å². The second kappa shape index (κ2) is 8.52. The minimum atomic E-state index is -0.421. The molecule has 2 aromatic rings. The fourth-order valence-electron chi connectivity index (χ4n) is 3.66. The lowest BCUT2D eigenvalue weighted by Gasteiger charge is -2.22. The van der Waals surface area contributed by atoms with Crippen molar-refractivity contribution >= 4 is 17.5 Å². The van der Waals surface area contributed by atoms with Crippen LogP contribution in [-0.2, 0) is 16.1 Å². The van der Waals surface area contributed by atoms with E-state index in [1.54, 1.807) is 37.3 Å². The highest BCUT2D eigenvalue weighted by atomic mass is 16.6. The number of carbonyl (C=O) groups is 2. The molecule has 2 aliphatic heterocycles. The minimum absolute atomic E-state index is 0.0890. The second-order valence-corrected chi connectivity index (χ2v) is 7.13. The molecule has 2 amide bonds. The largest absolute Gasteiger partial charge is 0.497 e. The van der Waals surface area contributed by atoms with Gasteiger partial charge in [-0.25, -0.2) is 0 Å². The molecule has 0 radical (unpaired) electrons. The van der Waals surface area contributed by atoms with Crippen LogP contribution in [0.3, 0.4) is 0 Å². The van der Waals surface area contributed by atoms with E-state index >= 15 is 0 Å². The summed E-state index contributed by atoms with van der Waals surface area (Å²) in [5.74, 6) is 1.92. The van der Waals surface area contributed by atoms with Gasteiger partial charge in [-0.2, -0.15) is 0 Å². The quantitative estimate of drug-likeness (QED) is 0.783.